The standard InChI is InChI=1S/C10H8O7S2/c11-18(12,13)7-3-4-10(19(14,15)16)8(6-7)9-2-1-5-17-9/h1-6H,(H,11,12,13)(H,14,15,16). The van der Waals surface area contributed by atoms with Gasteiger partial charge in [-0.15, -0.1) is 0 Å². The molecule has 102 valence electrons. The van der Waals surface area contributed by atoms with Crippen molar-refractivity contribution in [1.82, 2.24) is 0 Å². The molecule has 0 bridgehead atoms. The van der Waals surface area contributed by atoms with Gasteiger partial charge in [0, 0.05) is 5.56 Å². The smallest absolute Gasteiger partial charge is 0.295 e. The second kappa shape index (κ2) is 4.46. The van der Waals surface area contributed by atoms with Crippen LogP contribution in [0.4, 0.5) is 0 Å². The highest BCUT2D eigenvalue weighted by Gasteiger charge is 2.21. The van der Waals surface area contributed by atoms with Crippen LogP contribution in [0, 0.1) is 0 Å². The normalized spacial score (nSPS) is 12.5. The van der Waals surface area contributed by atoms with Gasteiger partial charge in [0.2, 0.25) is 0 Å². The Bertz CT molecular complexity index is 802. The summed E-state index contributed by atoms with van der Waals surface area (Å²) < 4.78 is 67.5. The van der Waals surface area contributed by atoms with Crippen LogP contribution in [0.25, 0.3) is 11.3 Å². The van der Waals surface area contributed by atoms with Crippen molar-refractivity contribution in [3.8, 4) is 11.3 Å². The Labute approximate surface area is 109 Å². The zero-order chi connectivity index (χ0) is 14.3. The molecule has 0 unspecified atom stereocenters. The third-order valence-electron chi connectivity index (χ3n) is 2.31. The maximum atomic E-state index is 11.2. The van der Waals surface area contributed by atoms with Gasteiger partial charge in [-0.3, -0.25) is 9.11 Å². The van der Waals surface area contributed by atoms with Gasteiger partial charge < -0.3 is 4.42 Å². The van der Waals surface area contributed by atoms with Gasteiger partial charge in [0.1, 0.15) is 10.7 Å². The van der Waals surface area contributed by atoms with Crippen LogP contribution in [0.5, 0.6) is 0 Å². The number of furan rings is 1. The summed E-state index contributed by atoms with van der Waals surface area (Å²) >= 11 is 0. The molecule has 0 aliphatic rings. The Kier molecular flexibility index (Phi) is 3.22. The van der Waals surface area contributed by atoms with Crippen LogP contribution in [0.1, 0.15) is 0 Å². The van der Waals surface area contributed by atoms with Crippen molar-refractivity contribution in [2.24, 2.45) is 0 Å². The first-order valence-electron chi connectivity index (χ1n) is 4.82. The van der Waals surface area contributed by atoms with Gasteiger partial charge >= 0.3 is 0 Å². The highest BCUT2D eigenvalue weighted by atomic mass is 32.2. The maximum absolute atomic E-state index is 11.2. The van der Waals surface area contributed by atoms with Gasteiger partial charge in [0.05, 0.1) is 11.2 Å². The fourth-order valence-electron chi connectivity index (χ4n) is 1.52. The third kappa shape index (κ3) is 2.84. The average Bonchev–Trinajstić information content (AvgIpc) is 2.79. The van der Waals surface area contributed by atoms with E-state index in [1.54, 1.807) is 0 Å². The lowest BCUT2D eigenvalue weighted by Gasteiger charge is -2.06. The van der Waals surface area contributed by atoms with Crippen molar-refractivity contribution in [2.75, 3.05) is 0 Å². The molecule has 0 aliphatic carbocycles. The molecule has 1 aromatic heterocycles. The summed E-state index contributed by atoms with van der Waals surface area (Å²) in [6, 6.07) is 5.49. The van der Waals surface area contributed by atoms with E-state index < -0.39 is 30.0 Å². The molecule has 9 heteroatoms. The Hall–Kier alpha value is -1.68. The second-order valence-electron chi connectivity index (χ2n) is 3.59. The van der Waals surface area contributed by atoms with E-state index in [2.05, 4.69) is 0 Å². The number of rotatable bonds is 3. The van der Waals surface area contributed by atoms with Crippen LogP contribution in [-0.2, 0) is 20.2 Å². The van der Waals surface area contributed by atoms with Crippen molar-refractivity contribution in [2.45, 2.75) is 9.79 Å². The highest BCUT2D eigenvalue weighted by molar-refractivity contribution is 7.86. The molecule has 1 aromatic carbocycles. The van der Waals surface area contributed by atoms with Crippen LogP contribution in [-0.4, -0.2) is 25.9 Å². The second-order valence-corrected chi connectivity index (χ2v) is 6.40. The van der Waals surface area contributed by atoms with E-state index in [1.165, 1.54) is 18.4 Å². The fourth-order valence-corrected chi connectivity index (χ4v) is 2.70. The summed E-state index contributed by atoms with van der Waals surface area (Å²) in [4.78, 5) is -1.03. The summed E-state index contributed by atoms with van der Waals surface area (Å²) in [5.74, 6) is 0.0399. The minimum atomic E-state index is -4.56. The quantitative estimate of drug-likeness (QED) is 0.822. The Morgan fingerprint density at radius 1 is 0.947 bits per heavy atom. The molecule has 0 saturated heterocycles. The molecule has 0 saturated carbocycles. The van der Waals surface area contributed by atoms with E-state index in [4.69, 9.17) is 13.5 Å². The van der Waals surface area contributed by atoms with E-state index in [0.29, 0.717) is 0 Å². The van der Waals surface area contributed by atoms with E-state index >= 15 is 0 Å². The van der Waals surface area contributed by atoms with Crippen molar-refractivity contribution >= 4 is 20.2 Å². The van der Waals surface area contributed by atoms with Crippen molar-refractivity contribution in [3.05, 3.63) is 36.6 Å². The zero-order valence-corrected chi connectivity index (χ0v) is 10.8. The molecule has 2 rings (SSSR count). The molecule has 0 fully saturated rings. The first-order chi connectivity index (χ1) is 8.69. The van der Waals surface area contributed by atoms with E-state index in [-0.39, 0.29) is 11.3 Å². The Morgan fingerprint density at radius 2 is 1.63 bits per heavy atom. The monoisotopic (exact) mass is 304 g/mol. The summed E-state index contributed by atoms with van der Waals surface area (Å²) in [6.45, 7) is 0. The molecule has 2 aromatic rings. The van der Waals surface area contributed by atoms with Gasteiger partial charge in [0.15, 0.2) is 0 Å². The molecule has 0 radical (unpaired) electrons. The summed E-state index contributed by atoms with van der Waals surface area (Å²) in [5.41, 5.74) is -0.164. The van der Waals surface area contributed by atoms with E-state index in [0.717, 1.165) is 18.2 Å². The van der Waals surface area contributed by atoms with Crippen LogP contribution in [0.3, 0.4) is 0 Å². The lowest BCUT2D eigenvalue weighted by molar-refractivity contribution is 0.478. The molecule has 19 heavy (non-hydrogen) atoms. The van der Waals surface area contributed by atoms with Crippen molar-refractivity contribution in [1.29, 1.82) is 0 Å². The zero-order valence-electron chi connectivity index (χ0n) is 9.22. The van der Waals surface area contributed by atoms with Gasteiger partial charge in [-0.1, -0.05) is 0 Å². The molecule has 0 spiro atoms. The summed E-state index contributed by atoms with van der Waals surface area (Å²) in [7, 11) is -9.05. The largest absolute Gasteiger partial charge is 0.464 e. The molecular formula is C10H8O7S2. The molecule has 2 N–H and O–H groups in total. The molecule has 0 amide bonds. The summed E-state index contributed by atoms with van der Waals surface area (Å²) in [6.07, 6.45) is 1.25. The number of hydrogen-bond donors (Lipinski definition) is 2. The third-order valence-corrected chi connectivity index (χ3v) is 4.07. The SMILES string of the molecule is O=S(=O)(O)c1ccc(S(=O)(=O)O)c(-c2ccco2)c1. The molecule has 1 heterocycles. The summed E-state index contributed by atoms with van der Waals surface area (Å²) in [5, 5.41) is 0. The van der Waals surface area contributed by atoms with Crippen LogP contribution in [0.2, 0.25) is 0 Å². The Morgan fingerprint density at radius 3 is 2.11 bits per heavy atom. The molecule has 0 atom stereocenters. The predicted molar refractivity (Wildman–Crippen MR) is 63.8 cm³/mol. The minimum Gasteiger partial charge on any atom is -0.464 e. The lowest BCUT2D eigenvalue weighted by Crippen LogP contribution is -2.04. The number of hydrogen-bond acceptors (Lipinski definition) is 5. The van der Waals surface area contributed by atoms with Gasteiger partial charge in [-0.2, -0.15) is 16.8 Å². The molecule has 0 aliphatic heterocycles. The number of benzene rings is 1. The highest BCUT2D eigenvalue weighted by Crippen LogP contribution is 2.30. The van der Waals surface area contributed by atoms with Crippen LogP contribution < -0.4 is 0 Å². The van der Waals surface area contributed by atoms with Crippen molar-refractivity contribution in [3.63, 3.8) is 0 Å². The first-order valence-corrected chi connectivity index (χ1v) is 7.70. The lowest BCUT2D eigenvalue weighted by atomic mass is 10.2. The fraction of sp³-hybridized carbons (Fsp3) is 0. The Balaban J connectivity index is 2.79. The maximum Gasteiger partial charge on any atom is 0.295 e. The van der Waals surface area contributed by atoms with Crippen LogP contribution >= 0.6 is 0 Å². The topological polar surface area (TPSA) is 122 Å². The molecular weight excluding hydrogens is 296 g/mol. The van der Waals surface area contributed by atoms with E-state index in [1.807, 2.05) is 0 Å². The van der Waals surface area contributed by atoms with Crippen LogP contribution in [0.15, 0.2) is 50.8 Å². The predicted octanol–water partition coefficient (Wildman–Crippen LogP) is 1.44. The van der Waals surface area contributed by atoms with Gasteiger partial charge in [-0.05, 0) is 30.3 Å². The molecule has 7 nitrogen and oxygen atoms in total. The van der Waals surface area contributed by atoms with Crippen molar-refractivity contribution < 1.29 is 30.4 Å². The minimum absolute atomic E-state index is 0.0399. The first kappa shape index (κ1) is 13.7. The van der Waals surface area contributed by atoms with Gasteiger partial charge in [0.25, 0.3) is 20.2 Å². The van der Waals surface area contributed by atoms with Gasteiger partial charge in [-0.25, -0.2) is 0 Å². The average molecular weight is 304 g/mol. The van der Waals surface area contributed by atoms with E-state index in [9.17, 15) is 16.8 Å².